The second kappa shape index (κ2) is 4.53. The van der Waals surface area contributed by atoms with Gasteiger partial charge in [-0.2, -0.15) is 0 Å². The number of ether oxygens (including phenoxy) is 1. The topological polar surface area (TPSA) is 21.6 Å². The molecule has 0 fully saturated rings. The van der Waals surface area contributed by atoms with Gasteiger partial charge >= 0.3 is 0 Å². The first kappa shape index (κ1) is 12.2. The zero-order valence-corrected chi connectivity index (χ0v) is 11.3. The van der Waals surface area contributed by atoms with Gasteiger partial charge in [-0.1, -0.05) is 29.3 Å². The number of nitrogens with zero attached hydrogens (tertiary/aromatic N) is 1. The van der Waals surface area contributed by atoms with Crippen molar-refractivity contribution in [2.24, 2.45) is 4.99 Å². The fourth-order valence-corrected chi connectivity index (χ4v) is 2.34. The Bertz CT molecular complexity index is 494. The molecule has 1 aliphatic heterocycles. The number of benzene rings is 1. The molecule has 90 valence electrons. The average molecular weight is 250 g/mol. The summed E-state index contributed by atoms with van der Waals surface area (Å²) in [6.07, 6.45) is 1.78. The predicted molar refractivity (Wildman–Crippen MR) is 72.1 cm³/mol. The number of hydrogen-bond donors (Lipinski definition) is 0. The number of rotatable bonds is 2. The van der Waals surface area contributed by atoms with Crippen molar-refractivity contribution in [1.82, 2.24) is 0 Å². The molecule has 17 heavy (non-hydrogen) atoms. The summed E-state index contributed by atoms with van der Waals surface area (Å²) in [4.78, 5) is 4.21. The van der Waals surface area contributed by atoms with Crippen LogP contribution in [0.3, 0.4) is 0 Å². The van der Waals surface area contributed by atoms with Gasteiger partial charge in [-0.3, -0.25) is 4.99 Å². The van der Waals surface area contributed by atoms with Crippen molar-refractivity contribution in [2.75, 3.05) is 0 Å². The summed E-state index contributed by atoms with van der Waals surface area (Å²) in [6.45, 7) is 8.16. The van der Waals surface area contributed by atoms with E-state index >= 15 is 0 Å². The maximum absolute atomic E-state index is 5.94. The van der Waals surface area contributed by atoms with Crippen LogP contribution in [0.25, 0.3) is 0 Å². The van der Waals surface area contributed by atoms with E-state index in [0.717, 1.165) is 22.6 Å². The van der Waals surface area contributed by atoms with E-state index in [4.69, 9.17) is 16.3 Å². The quantitative estimate of drug-likeness (QED) is 0.779. The maximum Gasteiger partial charge on any atom is 0.132 e. The van der Waals surface area contributed by atoms with E-state index in [2.05, 4.69) is 37.9 Å². The summed E-state index contributed by atoms with van der Waals surface area (Å²) in [6, 6.07) is 4.23. The van der Waals surface area contributed by atoms with E-state index in [0.29, 0.717) is 5.17 Å². The summed E-state index contributed by atoms with van der Waals surface area (Å²) < 4.78 is 5.94. The summed E-state index contributed by atoms with van der Waals surface area (Å²) in [5, 5.41) is 0.509. The molecule has 0 aromatic heterocycles. The molecule has 0 amide bonds. The minimum Gasteiger partial charge on any atom is -0.459 e. The molecule has 1 unspecified atom stereocenters. The number of hydrogen-bond acceptors (Lipinski definition) is 2. The molecule has 1 heterocycles. The van der Waals surface area contributed by atoms with Crippen LogP contribution in [0.5, 0.6) is 5.75 Å². The molecule has 0 spiro atoms. The zero-order chi connectivity index (χ0) is 12.6. The van der Waals surface area contributed by atoms with E-state index < -0.39 is 0 Å². The first-order valence-electron chi connectivity index (χ1n) is 5.68. The van der Waals surface area contributed by atoms with E-state index in [1.54, 1.807) is 6.08 Å². The van der Waals surface area contributed by atoms with Gasteiger partial charge in [-0.25, -0.2) is 0 Å². The van der Waals surface area contributed by atoms with Crippen LogP contribution in [0.4, 0.5) is 0 Å². The Kier molecular flexibility index (Phi) is 3.25. The molecule has 0 bridgehead atoms. The average Bonchev–Trinajstić information content (AvgIpc) is 2.51. The first-order chi connectivity index (χ1) is 7.97. The number of halogens is 1. The normalized spacial score (nSPS) is 19.0. The molecule has 1 aromatic rings. The molecule has 2 rings (SSSR count). The van der Waals surface area contributed by atoms with Gasteiger partial charge in [0, 0.05) is 6.08 Å². The summed E-state index contributed by atoms with van der Waals surface area (Å²) in [7, 11) is 0. The fourth-order valence-electron chi connectivity index (χ4n) is 2.08. The number of aryl methyl sites for hydroxylation is 3. The third-order valence-electron chi connectivity index (χ3n) is 2.81. The molecular formula is C14H16ClNO. The molecule has 3 heteroatoms. The van der Waals surface area contributed by atoms with Crippen molar-refractivity contribution >= 4 is 16.8 Å². The third kappa shape index (κ3) is 2.52. The summed E-state index contributed by atoms with van der Waals surface area (Å²) >= 11 is 5.87. The maximum atomic E-state index is 5.94. The largest absolute Gasteiger partial charge is 0.459 e. The molecule has 1 aromatic carbocycles. The van der Waals surface area contributed by atoms with Crippen LogP contribution in [0.1, 0.15) is 23.6 Å². The molecule has 2 nitrogen and oxygen atoms in total. The van der Waals surface area contributed by atoms with E-state index in [9.17, 15) is 0 Å². The first-order valence-corrected chi connectivity index (χ1v) is 6.06. The summed E-state index contributed by atoms with van der Waals surface area (Å²) in [5.74, 6) is 1.72. The van der Waals surface area contributed by atoms with Crippen molar-refractivity contribution in [2.45, 2.75) is 33.7 Å². The van der Waals surface area contributed by atoms with Crippen LogP contribution in [0.2, 0.25) is 0 Å². The predicted octanol–water partition coefficient (Wildman–Crippen LogP) is 3.91. The van der Waals surface area contributed by atoms with Gasteiger partial charge in [0.25, 0.3) is 0 Å². The second-order valence-electron chi connectivity index (χ2n) is 4.50. The van der Waals surface area contributed by atoms with Crippen molar-refractivity contribution in [3.63, 3.8) is 0 Å². The minimum atomic E-state index is 0.00241. The Morgan fingerprint density at radius 1 is 1.18 bits per heavy atom. The van der Waals surface area contributed by atoms with Crippen molar-refractivity contribution in [3.05, 3.63) is 40.7 Å². The number of allylic oxidation sites excluding steroid dienone is 1. The van der Waals surface area contributed by atoms with Gasteiger partial charge in [-0.15, -0.1) is 0 Å². The lowest BCUT2D eigenvalue weighted by Gasteiger charge is -2.15. The molecule has 1 aliphatic rings. The van der Waals surface area contributed by atoms with Crippen molar-refractivity contribution in [3.8, 4) is 5.75 Å². The highest BCUT2D eigenvalue weighted by Gasteiger charge is 2.19. The highest BCUT2D eigenvalue weighted by molar-refractivity contribution is 6.68. The number of aliphatic imine (C=N–C) groups is 1. The van der Waals surface area contributed by atoms with Gasteiger partial charge in [0.2, 0.25) is 0 Å². The molecule has 0 radical (unpaired) electrons. The van der Waals surface area contributed by atoms with E-state index in [1.807, 2.05) is 6.92 Å². The van der Waals surface area contributed by atoms with Gasteiger partial charge in [0.15, 0.2) is 0 Å². The third-order valence-corrected chi connectivity index (χ3v) is 3.02. The Morgan fingerprint density at radius 3 is 2.24 bits per heavy atom. The highest BCUT2D eigenvalue weighted by Crippen LogP contribution is 2.29. The van der Waals surface area contributed by atoms with Crippen LogP contribution in [-0.2, 0) is 0 Å². The van der Waals surface area contributed by atoms with Crippen molar-refractivity contribution in [1.29, 1.82) is 0 Å². The van der Waals surface area contributed by atoms with Gasteiger partial charge < -0.3 is 4.74 Å². The van der Waals surface area contributed by atoms with E-state index in [-0.39, 0.29) is 6.04 Å². The van der Waals surface area contributed by atoms with Crippen LogP contribution in [0.15, 0.2) is 29.0 Å². The van der Waals surface area contributed by atoms with Gasteiger partial charge in [-0.05, 0) is 38.8 Å². The highest BCUT2D eigenvalue weighted by atomic mass is 35.5. The standard InChI is InChI=1S/C14H16ClNO/c1-8-5-9(2)14(10(3)6-8)17-12-7-13(15)16-11(12)4/h5-7,11H,1-4H3. The van der Waals surface area contributed by atoms with Gasteiger partial charge in [0.1, 0.15) is 22.7 Å². The lowest BCUT2D eigenvalue weighted by atomic mass is 10.1. The van der Waals surface area contributed by atoms with Crippen LogP contribution in [0, 0.1) is 20.8 Å². The minimum absolute atomic E-state index is 0.00241. The molecule has 0 saturated heterocycles. The Balaban J connectivity index is 2.29. The second-order valence-corrected chi connectivity index (χ2v) is 4.89. The Morgan fingerprint density at radius 2 is 1.76 bits per heavy atom. The van der Waals surface area contributed by atoms with Crippen molar-refractivity contribution < 1.29 is 4.74 Å². The SMILES string of the molecule is Cc1cc(C)c(OC2=CC(Cl)=NC2C)c(C)c1. The zero-order valence-electron chi connectivity index (χ0n) is 10.5. The smallest absolute Gasteiger partial charge is 0.132 e. The Labute approximate surface area is 107 Å². The molecule has 0 saturated carbocycles. The van der Waals surface area contributed by atoms with Crippen LogP contribution in [-0.4, -0.2) is 11.2 Å². The van der Waals surface area contributed by atoms with Gasteiger partial charge in [0.05, 0.1) is 0 Å². The summed E-state index contributed by atoms with van der Waals surface area (Å²) in [5.41, 5.74) is 3.52. The molecule has 1 atom stereocenters. The Hall–Kier alpha value is -1.28. The van der Waals surface area contributed by atoms with E-state index in [1.165, 1.54) is 5.56 Å². The molecular weight excluding hydrogens is 234 g/mol. The lowest BCUT2D eigenvalue weighted by molar-refractivity contribution is 0.391. The van der Waals surface area contributed by atoms with Crippen LogP contribution >= 0.6 is 11.6 Å². The lowest BCUT2D eigenvalue weighted by Crippen LogP contribution is -2.07. The molecule has 0 N–H and O–H groups in total. The van der Waals surface area contributed by atoms with Crippen LogP contribution < -0.4 is 4.74 Å². The monoisotopic (exact) mass is 249 g/mol. The molecule has 0 aliphatic carbocycles. The fraction of sp³-hybridized carbons (Fsp3) is 0.357.